The van der Waals surface area contributed by atoms with Crippen molar-refractivity contribution in [3.8, 4) is 0 Å². The molecule has 0 radical (unpaired) electrons. The van der Waals surface area contributed by atoms with Gasteiger partial charge in [0.05, 0.1) is 5.56 Å². The lowest BCUT2D eigenvalue weighted by Crippen LogP contribution is -2.42. The molecule has 0 bridgehead atoms. The standard InChI is InChI=1S/C17H18F3N3O2/c1-22-13-3-2-12(17(18,19)20)8-11(13)9-14(22)16(25)23-6-4-10(5-7-23)15(21)24/h2-3,8-10H,4-7H2,1H3,(H2,21,24). The average Bonchev–Trinajstić information content (AvgIpc) is 2.90. The van der Waals surface area contributed by atoms with Gasteiger partial charge < -0.3 is 15.2 Å². The number of carbonyl (C=O) groups excluding carboxylic acids is 2. The fourth-order valence-corrected chi connectivity index (χ4v) is 3.26. The molecule has 2 N–H and O–H groups in total. The molecule has 1 aliphatic rings. The van der Waals surface area contributed by atoms with Gasteiger partial charge in [-0.15, -0.1) is 0 Å². The van der Waals surface area contributed by atoms with E-state index in [-0.39, 0.29) is 17.7 Å². The average molecular weight is 353 g/mol. The fourth-order valence-electron chi connectivity index (χ4n) is 3.26. The number of halogens is 3. The summed E-state index contributed by atoms with van der Waals surface area (Å²) in [6, 6.07) is 4.90. The lowest BCUT2D eigenvalue weighted by molar-refractivity contribution is -0.137. The van der Waals surface area contributed by atoms with Crippen molar-refractivity contribution in [2.45, 2.75) is 19.0 Å². The van der Waals surface area contributed by atoms with E-state index in [2.05, 4.69) is 0 Å². The topological polar surface area (TPSA) is 68.3 Å². The highest BCUT2D eigenvalue weighted by Crippen LogP contribution is 2.32. The molecule has 3 rings (SSSR count). The van der Waals surface area contributed by atoms with Gasteiger partial charge >= 0.3 is 6.18 Å². The van der Waals surface area contributed by atoms with Crippen molar-refractivity contribution >= 4 is 22.7 Å². The van der Waals surface area contributed by atoms with Crippen LogP contribution < -0.4 is 5.73 Å². The summed E-state index contributed by atoms with van der Waals surface area (Å²) < 4.78 is 40.2. The first kappa shape index (κ1) is 17.3. The van der Waals surface area contributed by atoms with Crippen LogP contribution in [0.1, 0.15) is 28.9 Å². The van der Waals surface area contributed by atoms with E-state index in [4.69, 9.17) is 5.73 Å². The minimum atomic E-state index is -4.43. The summed E-state index contributed by atoms with van der Waals surface area (Å²) in [7, 11) is 1.65. The van der Waals surface area contributed by atoms with Gasteiger partial charge in [0.2, 0.25) is 5.91 Å². The van der Waals surface area contributed by atoms with E-state index in [1.807, 2.05) is 0 Å². The molecule has 25 heavy (non-hydrogen) atoms. The highest BCUT2D eigenvalue weighted by atomic mass is 19.4. The van der Waals surface area contributed by atoms with Crippen molar-refractivity contribution in [1.82, 2.24) is 9.47 Å². The molecule has 1 fully saturated rings. The number of primary amides is 1. The Morgan fingerprint density at radius 1 is 1.16 bits per heavy atom. The second kappa shape index (κ2) is 6.09. The van der Waals surface area contributed by atoms with Crippen LogP contribution in [0.15, 0.2) is 24.3 Å². The van der Waals surface area contributed by atoms with Crippen LogP contribution in [-0.2, 0) is 18.0 Å². The molecule has 1 saturated heterocycles. The highest BCUT2D eigenvalue weighted by Gasteiger charge is 2.31. The monoisotopic (exact) mass is 353 g/mol. The molecule has 5 nitrogen and oxygen atoms in total. The number of nitrogens with zero attached hydrogens (tertiary/aromatic N) is 2. The maximum Gasteiger partial charge on any atom is 0.416 e. The molecule has 2 aromatic rings. The third-order valence-electron chi connectivity index (χ3n) is 4.77. The number of aryl methyl sites for hydroxylation is 1. The number of benzene rings is 1. The van der Waals surface area contributed by atoms with E-state index in [0.29, 0.717) is 42.5 Å². The third-order valence-corrected chi connectivity index (χ3v) is 4.77. The Hall–Kier alpha value is -2.51. The molecule has 0 aliphatic carbocycles. The Balaban J connectivity index is 1.87. The molecule has 1 aliphatic heterocycles. The fraction of sp³-hybridized carbons (Fsp3) is 0.412. The van der Waals surface area contributed by atoms with Crippen LogP contribution in [0, 0.1) is 5.92 Å². The lowest BCUT2D eigenvalue weighted by atomic mass is 9.96. The molecule has 134 valence electrons. The maximum atomic E-state index is 12.9. The van der Waals surface area contributed by atoms with Crippen molar-refractivity contribution in [2.75, 3.05) is 13.1 Å². The second-order valence-corrected chi connectivity index (χ2v) is 6.33. The molecule has 1 aromatic heterocycles. The van der Waals surface area contributed by atoms with E-state index in [0.717, 1.165) is 12.1 Å². The zero-order valence-electron chi connectivity index (χ0n) is 13.6. The van der Waals surface area contributed by atoms with Gasteiger partial charge in [0, 0.05) is 37.0 Å². The molecule has 0 spiro atoms. The van der Waals surface area contributed by atoms with Crippen LogP contribution in [0.25, 0.3) is 10.9 Å². The summed E-state index contributed by atoms with van der Waals surface area (Å²) in [5.41, 5.74) is 5.43. The molecule has 1 aromatic carbocycles. The number of likely N-dealkylation sites (tertiary alicyclic amines) is 1. The first-order chi connectivity index (χ1) is 11.7. The Labute approximate surface area is 142 Å². The summed E-state index contributed by atoms with van der Waals surface area (Å²) >= 11 is 0. The van der Waals surface area contributed by atoms with Crippen LogP contribution in [0.5, 0.6) is 0 Å². The van der Waals surface area contributed by atoms with Gasteiger partial charge in [-0.3, -0.25) is 9.59 Å². The van der Waals surface area contributed by atoms with E-state index >= 15 is 0 Å². The number of hydrogen-bond acceptors (Lipinski definition) is 2. The Morgan fingerprint density at radius 3 is 2.36 bits per heavy atom. The SMILES string of the molecule is Cn1c(C(=O)N2CCC(C(N)=O)CC2)cc2cc(C(F)(F)F)ccc21. The second-order valence-electron chi connectivity index (χ2n) is 6.33. The molecular weight excluding hydrogens is 335 g/mol. The molecule has 0 atom stereocenters. The summed E-state index contributed by atoms with van der Waals surface area (Å²) in [6.07, 6.45) is -3.42. The summed E-state index contributed by atoms with van der Waals surface area (Å²) in [4.78, 5) is 25.5. The van der Waals surface area contributed by atoms with E-state index in [1.54, 1.807) is 16.5 Å². The van der Waals surface area contributed by atoms with Gasteiger partial charge in [-0.05, 0) is 37.1 Å². The molecule has 2 heterocycles. The summed E-state index contributed by atoms with van der Waals surface area (Å²) in [5.74, 6) is -0.850. The zero-order chi connectivity index (χ0) is 18.4. The van der Waals surface area contributed by atoms with Gasteiger partial charge in [-0.25, -0.2) is 0 Å². The smallest absolute Gasteiger partial charge is 0.369 e. The number of hydrogen-bond donors (Lipinski definition) is 1. The number of piperidine rings is 1. The first-order valence-corrected chi connectivity index (χ1v) is 7.93. The van der Waals surface area contributed by atoms with Gasteiger partial charge in [0.25, 0.3) is 5.91 Å². The Kier molecular flexibility index (Phi) is 4.22. The Morgan fingerprint density at radius 2 is 1.80 bits per heavy atom. The molecule has 8 heteroatoms. The lowest BCUT2D eigenvalue weighted by Gasteiger charge is -2.30. The summed E-state index contributed by atoms with van der Waals surface area (Å²) in [5, 5.41) is 0.368. The zero-order valence-corrected chi connectivity index (χ0v) is 13.6. The summed E-state index contributed by atoms with van der Waals surface area (Å²) in [6.45, 7) is 0.809. The number of fused-ring (bicyclic) bond motifs is 1. The highest BCUT2D eigenvalue weighted by molar-refractivity contribution is 5.99. The Bertz CT molecular complexity index is 834. The van der Waals surface area contributed by atoms with Gasteiger partial charge in [-0.2, -0.15) is 13.2 Å². The van der Waals surface area contributed by atoms with Crippen LogP contribution in [0.4, 0.5) is 13.2 Å². The minimum Gasteiger partial charge on any atom is -0.369 e. The largest absolute Gasteiger partial charge is 0.416 e. The quantitative estimate of drug-likeness (QED) is 0.901. The predicted molar refractivity (Wildman–Crippen MR) is 85.7 cm³/mol. The van der Waals surface area contributed by atoms with Gasteiger partial charge in [0.1, 0.15) is 5.69 Å². The number of carbonyl (C=O) groups is 2. The normalized spacial score (nSPS) is 16.4. The number of nitrogens with two attached hydrogens (primary N) is 1. The van der Waals surface area contributed by atoms with Crippen molar-refractivity contribution in [3.05, 3.63) is 35.5 Å². The maximum absolute atomic E-state index is 12.9. The number of amides is 2. The van der Waals surface area contributed by atoms with Gasteiger partial charge in [0.15, 0.2) is 0 Å². The van der Waals surface area contributed by atoms with E-state index < -0.39 is 11.7 Å². The molecule has 0 unspecified atom stereocenters. The van der Waals surface area contributed by atoms with Crippen LogP contribution >= 0.6 is 0 Å². The molecule has 0 saturated carbocycles. The van der Waals surface area contributed by atoms with Crippen LogP contribution in [0.2, 0.25) is 0 Å². The van der Waals surface area contributed by atoms with Crippen LogP contribution in [0.3, 0.4) is 0 Å². The van der Waals surface area contributed by atoms with Crippen molar-refractivity contribution < 1.29 is 22.8 Å². The predicted octanol–water partition coefficient (Wildman–Crippen LogP) is 2.53. The number of rotatable bonds is 2. The van der Waals surface area contributed by atoms with Gasteiger partial charge in [-0.1, -0.05) is 0 Å². The van der Waals surface area contributed by atoms with Crippen LogP contribution in [-0.4, -0.2) is 34.4 Å². The van der Waals surface area contributed by atoms with E-state index in [1.165, 1.54) is 12.1 Å². The first-order valence-electron chi connectivity index (χ1n) is 7.93. The molecular formula is C17H18F3N3O2. The van der Waals surface area contributed by atoms with Crippen molar-refractivity contribution in [1.29, 1.82) is 0 Å². The third kappa shape index (κ3) is 3.20. The number of aromatic nitrogens is 1. The minimum absolute atomic E-state index is 0.231. The molecule has 2 amide bonds. The van der Waals surface area contributed by atoms with Crippen molar-refractivity contribution in [2.24, 2.45) is 18.7 Å². The van der Waals surface area contributed by atoms with Crippen molar-refractivity contribution in [3.63, 3.8) is 0 Å². The number of alkyl halides is 3. The van der Waals surface area contributed by atoms with E-state index in [9.17, 15) is 22.8 Å².